The Balaban J connectivity index is 1.65. The fourth-order valence-electron chi connectivity index (χ4n) is 3.27. The highest BCUT2D eigenvalue weighted by Crippen LogP contribution is 2.37. The van der Waals surface area contributed by atoms with E-state index in [1.165, 1.54) is 33.1 Å². The molecule has 1 aromatic heterocycles. The molecule has 0 amide bonds. The van der Waals surface area contributed by atoms with Gasteiger partial charge in [-0.05, 0) is 53.0 Å². The zero-order chi connectivity index (χ0) is 20.6. The maximum atomic E-state index is 13.0. The standard InChI is InChI=1S/C19H20BrN3O4S2/c1-26-15-10-13(20)18(11-16(15)27-2)29(24,25)22-12-5-6-14-17(9-12)28-19(21-14)23-7-3-4-8-23/h5-6,9-11,22H,3-4,7-8H2,1-2H3. The molecule has 1 fully saturated rings. The minimum Gasteiger partial charge on any atom is -0.493 e. The van der Waals surface area contributed by atoms with Gasteiger partial charge in [0.2, 0.25) is 0 Å². The van der Waals surface area contributed by atoms with Gasteiger partial charge < -0.3 is 14.4 Å². The number of sulfonamides is 1. The van der Waals surface area contributed by atoms with E-state index in [9.17, 15) is 8.42 Å². The summed E-state index contributed by atoms with van der Waals surface area (Å²) in [6.07, 6.45) is 2.36. The summed E-state index contributed by atoms with van der Waals surface area (Å²) in [7, 11) is -0.877. The van der Waals surface area contributed by atoms with Crippen molar-refractivity contribution in [2.24, 2.45) is 0 Å². The highest BCUT2D eigenvalue weighted by molar-refractivity contribution is 9.10. The second-order valence-electron chi connectivity index (χ2n) is 6.62. The monoisotopic (exact) mass is 497 g/mol. The van der Waals surface area contributed by atoms with E-state index in [1.807, 2.05) is 12.1 Å². The van der Waals surface area contributed by atoms with Gasteiger partial charge in [-0.3, -0.25) is 4.72 Å². The van der Waals surface area contributed by atoms with Crippen molar-refractivity contribution in [3.63, 3.8) is 0 Å². The molecule has 1 N–H and O–H groups in total. The van der Waals surface area contributed by atoms with Crippen LogP contribution < -0.4 is 19.1 Å². The summed E-state index contributed by atoms with van der Waals surface area (Å²) in [5.41, 5.74) is 1.35. The van der Waals surface area contributed by atoms with Crippen molar-refractivity contribution in [1.82, 2.24) is 4.98 Å². The summed E-state index contributed by atoms with van der Waals surface area (Å²) < 4.78 is 40.4. The largest absolute Gasteiger partial charge is 0.493 e. The predicted molar refractivity (Wildman–Crippen MR) is 119 cm³/mol. The summed E-state index contributed by atoms with van der Waals surface area (Å²) in [5, 5.41) is 0.986. The van der Waals surface area contributed by atoms with Gasteiger partial charge in [-0.25, -0.2) is 13.4 Å². The SMILES string of the molecule is COc1cc(Br)c(S(=O)(=O)Nc2ccc3nc(N4CCCC4)sc3c2)cc1OC. The molecule has 2 heterocycles. The fourth-order valence-corrected chi connectivity index (χ4v) is 6.41. The van der Waals surface area contributed by atoms with Crippen molar-refractivity contribution >= 4 is 58.3 Å². The zero-order valence-electron chi connectivity index (χ0n) is 15.9. The van der Waals surface area contributed by atoms with Gasteiger partial charge >= 0.3 is 0 Å². The highest BCUT2D eigenvalue weighted by Gasteiger charge is 2.22. The Morgan fingerprint density at radius 2 is 1.79 bits per heavy atom. The van der Waals surface area contributed by atoms with E-state index in [4.69, 9.17) is 9.47 Å². The van der Waals surface area contributed by atoms with Crippen molar-refractivity contribution in [2.45, 2.75) is 17.7 Å². The first-order valence-electron chi connectivity index (χ1n) is 9.01. The summed E-state index contributed by atoms with van der Waals surface area (Å²) in [6, 6.07) is 8.39. The number of ether oxygens (including phenoxy) is 2. The maximum absolute atomic E-state index is 13.0. The third-order valence-electron chi connectivity index (χ3n) is 4.73. The minimum atomic E-state index is -3.84. The molecule has 0 unspecified atom stereocenters. The summed E-state index contributed by atoms with van der Waals surface area (Å²) in [4.78, 5) is 7.02. The minimum absolute atomic E-state index is 0.0670. The number of anilines is 2. The third kappa shape index (κ3) is 4.01. The average Bonchev–Trinajstić information content (AvgIpc) is 3.36. The van der Waals surface area contributed by atoms with Crippen LogP contribution in [0.15, 0.2) is 39.7 Å². The van der Waals surface area contributed by atoms with Crippen LogP contribution in [-0.4, -0.2) is 40.7 Å². The number of methoxy groups -OCH3 is 2. The van der Waals surface area contributed by atoms with Crippen molar-refractivity contribution in [3.05, 3.63) is 34.8 Å². The van der Waals surface area contributed by atoms with E-state index < -0.39 is 10.0 Å². The Labute approximate surface area is 181 Å². The maximum Gasteiger partial charge on any atom is 0.263 e. The Morgan fingerprint density at radius 3 is 2.48 bits per heavy atom. The topological polar surface area (TPSA) is 80.8 Å². The lowest BCUT2D eigenvalue weighted by Gasteiger charge is -2.13. The van der Waals surface area contributed by atoms with Gasteiger partial charge in [0.1, 0.15) is 4.90 Å². The lowest BCUT2D eigenvalue weighted by atomic mass is 10.3. The third-order valence-corrected chi connectivity index (χ3v) is 8.15. The molecule has 0 spiro atoms. The van der Waals surface area contributed by atoms with Crippen LogP contribution >= 0.6 is 27.3 Å². The van der Waals surface area contributed by atoms with Crippen LogP contribution in [0.4, 0.5) is 10.8 Å². The molecule has 4 rings (SSSR count). The summed E-state index contributed by atoms with van der Waals surface area (Å²) in [5.74, 6) is 0.781. The van der Waals surface area contributed by atoms with Gasteiger partial charge in [0.25, 0.3) is 10.0 Å². The molecule has 7 nitrogen and oxygen atoms in total. The number of fused-ring (bicyclic) bond motifs is 1. The van der Waals surface area contributed by atoms with E-state index in [2.05, 4.69) is 30.5 Å². The fraction of sp³-hybridized carbons (Fsp3) is 0.316. The molecule has 1 aliphatic rings. The molecular weight excluding hydrogens is 478 g/mol. The number of nitrogens with zero attached hydrogens (tertiary/aromatic N) is 2. The molecule has 0 radical (unpaired) electrons. The van der Waals surface area contributed by atoms with Crippen LogP contribution in [0.25, 0.3) is 10.2 Å². The lowest BCUT2D eigenvalue weighted by Crippen LogP contribution is -2.16. The molecule has 3 aromatic rings. The van der Waals surface area contributed by atoms with E-state index >= 15 is 0 Å². The number of nitrogens with one attached hydrogen (secondary N) is 1. The molecule has 2 aromatic carbocycles. The number of hydrogen-bond donors (Lipinski definition) is 1. The molecule has 0 saturated carbocycles. The Hall–Kier alpha value is -2.04. The van der Waals surface area contributed by atoms with Gasteiger partial charge in [0.15, 0.2) is 16.6 Å². The van der Waals surface area contributed by atoms with Crippen LogP contribution in [0, 0.1) is 0 Å². The Kier molecular flexibility index (Phi) is 5.58. The van der Waals surface area contributed by atoms with Gasteiger partial charge in [-0.15, -0.1) is 0 Å². The smallest absolute Gasteiger partial charge is 0.263 e. The van der Waals surface area contributed by atoms with Gasteiger partial charge in [0.05, 0.1) is 30.1 Å². The van der Waals surface area contributed by atoms with Gasteiger partial charge in [-0.2, -0.15) is 0 Å². The van der Waals surface area contributed by atoms with Crippen LogP contribution in [0.1, 0.15) is 12.8 Å². The van der Waals surface area contributed by atoms with E-state index in [0.717, 1.165) is 28.4 Å². The quantitative estimate of drug-likeness (QED) is 0.540. The molecule has 0 atom stereocenters. The normalized spacial score (nSPS) is 14.4. The van der Waals surface area contributed by atoms with Gasteiger partial charge in [-0.1, -0.05) is 11.3 Å². The number of hydrogen-bond acceptors (Lipinski definition) is 7. The number of rotatable bonds is 6. The number of halogens is 1. The van der Waals surface area contributed by atoms with Crippen LogP contribution in [0.2, 0.25) is 0 Å². The van der Waals surface area contributed by atoms with E-state index in [0.29, 0.717) is 21.7 Å². The van der Waals surface area contributed by atoms with Crippen LogP contribution in [0.5, 0.6) is 11.5 Å². The molecule has 0 bridgehead atoms. The molecule has 1 saturated heterocycles. The molecule has 10 heteroatoms. The van der Waals surface area contributed by atoms with E-state index in [1.54, 1.807) is 23.5 Å². The van der Waals surface area contributed by atoms with Crippen molar-refractivity contribution in [3.8, 4) is 11.5 Å². The van der Waals surface area contributed by atoms with Crippen LogP contribution in [-0.2, 0) is 10.0 Å². The second-order valence-corrected chi connectivity index (χ2v) is 10.1. The first kappa shape index (κ1) is 20.2. The van der Waals surface area contributed by atoms with E-state index in [-0.39, 0.29) is 4.90 Å². The van der Waals surface area contributed by atoms with Crippen molar-refractivity contribution < 1.29 is 17.9 Å². The molecule has 1 aliphatic heterocycles. The van der Waals surface area contributed by atoms with Crippen LogP contribution in [0.3, 0.4) is 0 Å². The predicted octanol–water partition coefficient (Wildman–Crippen LogP) is 4.48. The molecular formula is C19H20BrN3O4S2. The average molecular weight is 498 g/mol. The summed E-state index contributed by atoms with van der Waals surface area (Å²) in [6.45, 7) is 2.04. The second kappa shape index (κ2) is 8.00. The zero-order valence-corrected chi connectivity index (χ0v) is 19.2. The first-order chi connectivity index (χ1) is 13.9. The van der Waals surface area contributed by atoms with Crippen molar-refractivity contribution in [1.29, 1.82) is 0 Å². The molecule has 0 aliphatic carbocycles. The van der Waals surface area contributed by atoms with Crippen molar-refractivity contribution in [2.75, 3.05) is 36.9 Å². The highest BCUT2D eigenvalue weighted by atomic mass is 79.9. The number of thiazole rings is 1. The van der Waals surface area contributed by atoms with Gasteiger partial charge in [0, 0.05) is 23.6 Å². The number of aromatic nitrogens is 1. The Bertz CT molecular complexity index is 1160. The summed E-state index contributed by atoms with van der Waals surface area (Å²) >= 11 is 4.89. The molecule has 154 valence electrons. The number of benzene rings is 2. The first-order valence-corrected chi connectivity index (χ1v) is 12.1. The Morgan fingerprint density at radius 1 is 1.10 bits per heavy atom. The lowest BCUT2D eigenvalue weighted by molar-refractivity contribution is 0.353. The molecule has 29 heavy (non-hydrogen) atoms.